The Labute approximate surface area is 121 Å². The molecule has 0 saturated heterocycles. The van der Waals surface area contributed by atoms with Crippen LogP contribution in [-0.2, 0) is 13.7 Å². The van der Waals surface area contributed by atoms with Crippen LogP contribution in [0.5, 0.6) is 11.5 Å². The smallest absolute Gasteiger partial charge is 0.486 e. The van der Waals surface area contributed by atoms with Gasteiger partial charge in [0.05, 0.1) is 4.47 Å². The SMILES string of the molecule is Cn1ccnc1COc1ccc(OC(F)(F)F)c(Br)c1. The third-order valence-electron chi connectivity index (χ3n) is 2.42. The second kappa shape index (κ2) is 5.74. The highest BCUT2D eigenvalue weighted by atomic mass is 79.9. The first-order valence-corrected chi connectivity index (χ1v) is 6.29. The zero-order valence-corrected chi connectivity index (χ0v) is 11.9. The number of aryl methyl sites for hydroxylation is 1. The van der Waals surface area contributed by atoms with Crippen LogP contribution in [0.2, 0.25) is 0 Å². The Morgan fingerprint density at radius 2 is 2.10 bits per heavy atom. The molecule has 20 heavy (non-hydrogen) atoms. The number of nitrogens with zero attached hydrogens (tertiary/aromatic N) is 2. The van der Waals surface area contributed by atoms with Gasteiger partial charge in [-0.1, -0.05) is 0 Å². The van der Waals surface area contributed by atoms with E-state index < -0.39 is 6.36 Å². The molecule has 1 heterocycles. The van der Waals surface area contributed by atoms with Crippen molar-refractivity contribution in [2.24, 2.45) is 7.05 Å². The van der Waals surface area contributed by atoms with E-state index in [4.69, 9.17) is 4.74 Å². The molecule has 2 rings (SSSR count). The van der Waals surface area contributed by atoms with Crippen molar-refractivity contribution in [2.45, 2.75) is 13.0 Å². The number of halogens is 4. The summed E-state index contributed by atoms with van der Waals surface area (Å²) in [5.74, 6) is 0.799. The summed E-state index contributed by atoms with van der Waals surface area (Å²) in [4.78, 5) is 4.07. The maximum absolute atomic E-state index is 12.1. The number of hydrogen-bond acceptors (Lipinski definition) is 3. The van der Waals surface area contributed by atoms with Gasteiger partial charge < -0.3 is 14.0 Å². The normalized spacial score (nSPS) is 11.4. The van der Waals surface area contributed by atoms with E-state index in [1.165, 1.54) is 18.2 Å². The summed E-state index contributed by atoms with van der Waals surface area (Å²) in [6.45, 7) is 0.218. The molecule has 0 fully saturated rings. The molecule has 108 valence electrons. The molecule has 2 aromatic rings. The van der Waals surface area contributed by atoms with Crippen LogP contribution >= 0.6 is 15.9 Å². The minimum atomic E-state index is -4.72. The number of aromatic nitrogens is 2. The fourth-order valence-corrected chi connectivity index (χ4v) is 1.90. The van der Waals surface area contributed by atoms with Crippen LogP contribution < -0.4 is 9.47 Å². The number of benzene rings is 1. The van der Waals surface area contributed by atoms with E-state index in [-0.39, 0.29) is 16.8 Å². The molecule has 0 amide bonds. The molecule has 0 atom stereocenters. The zero-order chi connectivity index (χ0) is 14.8. The fraction of sp³-hybridized carbons (Fsp3) is 0.250. The van der Waals surface area contributed by atoms with Gasteiger partial charge in [0.15, 0.2) is 0 Å². The van der Waals surface area contributed by atoms with Crippen molar-refractivity contribution in [3.05, 3.63) is 40.9 Å². The summed E-state index contributed by atoms with van der Waals surface area (Å²) in [5, 5.41) is 0. The molecular weight excluding hydrogens is 341 g/mol. The topological polar surface area (TPSA) is 36.3 Å². The van der Waals surface area contributed by atoms with Gasteiger partial charge in [-0.2, -0.15) is 0 Å². The number of alkyl halides is 3. The van der Waals surface area contributed by atoms with E-state index in [1.807, 2.05) is 7.05 Å². The predicted molar refractivity (Wildman–Crippen MR) is 68.4 cm³/mol. The number of imidazole rings is 1. The van der Waals surface area contributed by atoms with Gasteiger partial charge in [0.1, 0.15) is 23.9 Å². The number of ether oxygens (including phenoxy) is 2. The molecule has 1 aromatic carbocycles. The van der Waals surface area contributed by atoms with Gasteiger partial charge in [0.25, 0.3) is 0 Å². The third-order valence-corrected chi connectivity index (χ3v) is 3.04. The molecule has 0 radical (unpaired) electrons. The summed E-state index contributed by atoms with van der Waals surface area (Å²) >= 11 is 3.01. The molecule has 1 aromatic heterocycles. The minimum absolute atomic E-state index is 0.159. The summed E-state index contributed by atoms with van der Waals surface area (Å²) in [6.07, 6.45) is -1.32. The minimum Gasteiger partial charge on any atom is -0.486 e. The van der Waals surface area contributed by atoms with Crippen molar-refractivity contribution in [2.75, 3.05) is 0 Å². The van der Waals surface area contributed by atoms with E-state index in [1.54, 1.807) is 17.0 Å². The largest absolute Gasteiger partial charge is 0.573 e. The first kappa shape index (κ1) is 14.7. The molecule has 0 N–H and O–H groups in total. The van der Waals surface area contributed by atoms with Crippen LogP contribution in [0.15, 0.2) is 35.1 Å². The Balaban J connectivity index is 2.04. The molecule has 0 saturated carbocycles. The molecule has 0 aliphatic heterocycles. The Morgan fingerprint density at radius 3 is 2.65 bits per heavy atom. The highest BCUT2D eigenvalue weighted by Gasteiger charge is 2.31. The number of hydrogen-bond donors (Lipinski definition) is 0. The van der Waals surface area contributed by atoms with Crippen LogP contribution in [0, 0.1) is 0 Å². The van der Waals surface area contributed by atoms with Crippen LogP contribution in [0.3, 0.4) is 0 Å². The van der Waals surface area contributed by atoms with Crippen LogP contribution in [-0.4, -0.2) is 15.9 Å². The summed E-state index contributed by atoms with van der Waals surface area (Å²) < 4.78 is 47.6. The third kappa shape index (κ3) is 3.89. The zero-order valence-electron chi connectivity index (χ0n) is 10.3. The summed E-state index contributed by atoms with van der Waals surface area (Å²) in [6, 6.07) is 3.99. The van der Waals surface area contributed by atoms with Crippen molar-refractivity contribution >= 4 is 15.9 Å². The molecule has 0 aliphatic rings. The quantitative estimate of drug-likeness (QED) is 0.844. The fourth-order valence-electron chi connectivity index (χ4n) is 1.46. The van der Waals surface area contributed by atoms with E-state index >= 15 is 0 Å². The highest BCUT2D eigenvalue weighted by Crippen LogP contribution is 2.33. The Hall–Kier alpha value is -1.70. The van der Waals surface area contributed by atoms with Gasteiger partial charge >= 0.3 is 6.36 Å². The summed E-state index contributed by atoms with van der Waals surface area (Å²) in [7, 11) is 1.82. The van der Waals surface area contributed by atoms with Gasteiger partial charge in [-0.05, 0) is 34.1 Å². The molecule has 0 bridgehead atoms. The average Bonchev–Trinajstić information content (AvgIpc) is 2.74. The molecule has 8 heteroatoms. The maximum atomic E-state index is 12.1. The maximum Gasteiger partial charge on any atom is 0.573 e. The standard InChI is InChI=1S/C12H10BrF3N2O2/c1-18-5-4-17-11(18)7-19-8-2-3-10(9(13)6-8)20-12(14,15)16/h2-6H,7H2,1H3. The predicted octanol–water partition coefficient (Wildman–Crippen LogP) is 3.66. The van der Waals surface area contributed by atoms with E-state index in [0.717, 1.165) is 0 Å². The molecule has 0 spiro atoms. The van der Waals surface area contributed by atoms with Crippen molar-refractivity contribution in [3.8, 4) is 11.5 Å². The lowest BCUT2D eigenvalue weighted by molar-refractivity contribution is -0.274. The van der Waals surface area contributed by atoms with Crippen LogP contribution in [0.25, 0.3) is 0 Å². The van der Waals surface area contributed by atoms with Crippen molar-refractivity contribution in [3.63, 3.8) is 0 Å². The van der Waals surface area contributed by atoms with E-state index in [9.17, 15) is 13.2 Å². The average molecular weight is 351 g/mol. The van der Waals surface area contributed by atoms with Gasteiger partial charge in [-0.15, -0.1) is 13.2 Å². The van der Waals surface area contributed by atoms with Crippen molar-refractivity contribution in [1.29, 1.82) is 0 Å². The lowest BCUT2D eigenvalue weighted by atomic mass is 10.3. The monoisotopic (exact) mass is 350 g/mol. The second-order valence-corrected chi connectivity index (χ2v) is 4.74. The number of rotatable bonds is 4. The Kier molecular flexibility index (Phi) is 4.22. The van der Waals surface area contributed by atoms with Crippen LogP contribution in [0.1, 0.15) is 5.82 Å². The van der Waals surface area contributed by atoms with Crippen molar-refractivity contribution < 1.29 is 22.6 Å². The molecule has 0 unspecified atom stereocenters. The van der Waals surface area contributed by atoms with Crippen molar-refractivity contribution in [1.82, 2.24) is 9.55 Å². The highest BCUT2D eigenvalue weighted by molar-refractivity contribution is 9.10. The van der Waals surface area contributed by atoms with Gasteiger partial charge in [-0.25, -0.2) is 4.98 Å². The van der Waals surface area contributed by atoms with Gasteiger partial charge in [0, 0.05) is 19.4 Å². The van der Waals surface area contributed by atoms with Gasteiger partial charge in [-0.3, -0.25) is 0 Å². The van der Waals surface area contributed by atoms with E-state index in [0.29, 0.717) is 11.6 Å². The summed E-state index contributed by atoms with van der Waals surface area (Å²) in [5.41, 5.74) is 0. The van der Waals surface area contributed by atoms with E-state index in [2.05, 4.69) is 25.7 Å². The lowest BCUT2D eigenvalue weighted by Gasteiger charge is -2.12. The molecule has 4 nitrogen and oxygen atoms in total. The Morgan fingerprint density at radius 1 is 1.35 bits per heavy atom. The second-order valence-electron chi connectivity index (χ2n) is 3.88. The lowest BCUT2D eigenvalue weighted by Crippen LogP contribution is -2.17. The van der Waals surface area contributed by atoms with Gasteiger partial charge in [0.2, 0.25) is 0 Å². The van der Waals surface area contributed by atoms with Crippen LogP contribution in [0.4, 0.5) is 13.2 Å². The Bertz CT molecular complexity index is 599. The molecular formula is C12H10BrF3N2O2. The molecule has 0 aliphatic carbocycles. The first-order chi connectivity index (χ1) is 9.35. The first-order valence-electron chi connectivity index (χ1n) is 5.49.